The van der Waals surface area contributed by atoms with Gasteiger partial charge in [-0.1, -0.05) is 6.07 Å². The number of nitrogens with two attached hydrogens (primary N) is 1. The molecule has 0 spiro atoms. The molecule has 0 bridgehead atoms. The lowest BCUT2D eigenvalue weighted by Gasteiger charge is -2.19. The molecule has 2 aromatic carbocycles. The fraction of sp³-hybridized carbons (Fsp3) is 0.200. The molecule has 0 saturated heterocycles. The summed E-state index contributed by atoms with van der Waals surface area (Å²) in [5.74, 6) is 2.34. The molecule has 0 saturated carbocycles. The molecule has 21 heavy (non-hydrogen) atoms. The van der Waals surface area contributed by atoms with Crippen LogP contribution in [-0.4, -0.2) is 0 Å². The summed E-state index contributed by atoms with van der Waals surface area (Å²) < 4.78 is 54.3. The number of rotatable bonds is 4. The van der Waals surface area contributed by atoms with Crippen LogP contribution in [0.25, 0.3) is 0 Å². The van der Waals surface area contributed by atoms with Crippen LogP contribution in [0.4, 0.5) is 17.6 Å². The first kappa shape index (κ1) is 15.5. The first-order chi connectivity index (χ1) is 9.92. The lowest BCUT2D eigenvalue weighted by Crippen LogP contribution is -2.31. The van der Waals surface area contributed by atoms with E-state index >= 15 is 0 Å². The maximum absolute atomic E-state index is 14.1. The van der Waals surface area contributed by atoms with Crippen LogP contribution in [0.5, 0.6) is 0 Å². The number of benzene rings is 2. The zero-order chi connectivity index (χ0) is 15.6. The molecule has 6 heteroatoms. The third-order valence-electron chi connectivity index (χ3n) is 3.23. The molecule has 0 fully saturated rings. The molecule has 2 nitrogen and oxygen atoms in total. The second-order valence-electron chi connectivity index (χ2n) is 4.79. The molecule has 112 valence electrons. The number of hydrogen-bond acceptors (Lipinski definition) is 2. The van der Waals surface area contributed by atoms with Gasteiger partial charge in [0, 0.05) is 11.6 Å². The Morgan fingerprint density at radius 3 is 2.24 bits per heavy atom. The van der Waals surface area contributed by atoms with Gasteiger partial charge in [-0.15, -0.1) is 0 Å². The molecule has 0 aliphatic heterocycles. The molecule has 0 heterocycles. The van der Waals surface area contributed by atoms with E-state index in [1.807, 2.05) is 0 Å². The molecule has 1 unspecified atom stereocenters. The Morgan fingerprint density at radius 1 is 1.05 bits per heavy atom. The Morgan fingerprint density at radius 2 is 1.67 bits per heavy atom. The van der Waals surface area contributed by atoms with E-state index in [1.165, 1.54) is 13.0 Å². The Labute approximate surface area is 119 Å². The number of hydrazine groups is 1. The number of hydrogen-bond donors (Lipinski definition) is 2. The summed E-state index contributed by atoms with van der Waals surface area (Å²) in [5, 5.41) is 0. The van der Waals surface area contributed by atoms with Crippen molar-refractivity contribution < 1.29 is 17.6 Å². The van der Waals surface area contributed by atoms with E-state index in [9.17, 15) is 17.6 Å². The molecule has 0 aliphatic rings. The van der Waals surface area contributed by atoms with Crippen molar-refractivity contribution in [1.82, 2.24) is 5.43 Å². The van der Waals surface area contributed by atoms with Gasteiger partial charge in [0.25, 0.3) is 0 Å². The van der Waals surface area contributed by atoms with E-state index < -0.39 is 29.3 Å². The lowest BCUT2D eigenvalue weighted by atomic mass is 9.96. The topological polar surface area (TPSA) is 38.0 Å². The molecule has 1 atom stereocenters. The Balaban J connectivity index is 2.39. The van der Waals surface area contributed by atoms with Crippen molar-refractivity contribution in [3.05, 3.63) is 70.3 Å². The summed E-state index contributed by atoms with van der Waals surface area (Å²) in [4.78, 5) is 0. The first-order valence-corrected chi connectivity index (χ1v) is 6.28. The van der Waals surface area contributed by atoms with Crippen LogP contribution in [0.15, 0.2) is 30.3 Å². The summed E-state index contributed by atoms with van der Waals surface area (Å²) >= 11 is 0. The largest absolute Gasteiger partial charge is 0.271 e. The minimum atomic E-state index is -0.939. The average molecular weight is 298 g/mol. The third-order valence-corrected chi connectivity index (χ3v) is 3.23. The third kappa shape index (κ3) is 3.40. The Hall–Kier alpha value is -1.92. The smallest absolute Gasteiger partial charge is 0.133 e. The Kier molecular flexibility index (Phi) is 4.59. The highest BCUT2D eigenvalue weighted by Crippen LogP contribution is 2.26. The second kappa shape index (κ2) is 6.24. The molecular weight excluding hydrogens is 284 g/mol. The number of aryl methyl sites for hydroxylation is 1. The van der Waals surface area contributed by atoms with Gasteiger partial charge < -0.3 is 0 Å². The predicted octanol–water partition coefficient (Wildman–Crippen LogP) is 3.30. The fourth-order valence-corrected chi connectivity index (χ4v) is 2.21. The lowest BCUT2D eigenvalue weighted by molar-refractivity contribution is 0.468. The number of nitrogens with one attached hydrogen (secondary N) is 1. The van der Waals surface area contributed by atoms with Gasteiger partial charge >= 0.3 is 0 Å². The van der Waals surface area contributed by atoms with Crippen LogP contribution in [-0.2, 0) is 6.42 Å². The van der Waals surface area contributed by atoms with Crippen molar-refractivity contribution in [2.45, 2.75) is 19.4 Å². The minimum absolute atomic E-state index is 0.0531. The van der Waals surface area contributed by atoms with Gasteiger partial charge in [0.15, 0.2) is 0 Å². The van der Waals surface area contributed by atoms with Gasteiger partial charge in [-0.2, -0.15) is 0 Å². The van der Waals surface area contributed by atoms with Crippen LogP contribution in [0.1, 0.15) is 22.7 Å². The first-order valence-electron chi connectivity index (χ1n) is 6.28. The molecule has 0 radical (unpaired) electrons. The van der Waals surface area contributed by atoms with Crippen LogP contribution >= 0.6 is 0 Å². The normalized spacial score (nSPS) is 12.5. The van der Waals surface area contributed by atoms with Gasteiger partial charge in [0.1, 0.15) is 23.3 Å². The SMILES string of the molecule is Cc1ccc(F)c(C(Cc2cc(F)cc(F)c2)NN)c1F. The molecule has 0 aromatic heterocycles. The molecule has 2 rings (SSSR count). The zero-order valence-corrected chi connectivity index (χ0v) is 11.3. The van der Waals surface area contributed by atoms with Crippen molar-refractivity contribution in [3.8, 4) is 0 Å². The van der Waals surface area contributed by atoms with Crippen LogP contribution in [0.3, 0.4) is 0 Å². The highest BCUT2D eigenvalue weighted by molar-refractivity contribution is 5.31. The highest BCUT2D eigenvalue weighted by atomic mass is 19.1. The molecule has 3 N–H and O–H groups in total. The summed E-state index contributed by atoms with van der Waals surface area (Å²) in [6.45, 7) is 1.49. The van der Waals surface area contributed by atoms with Gasteiger partial charge in [0.2, 0.25) is 0 Å². The van der Waals surface area contributed by atoms with Gasteiger partial charge in [-0.25, -0.2) is 17.6 Å². The van der Waals surface area contributed by atoms with E-state index in [1.54, 1.807) is 0 Å². The second-order valence-corrected chi connectivity index (χ2v) is 4.79. The van der Waals surface area contributed by atoms with Crippen molar-refractivity contribution in [1.29, 1.82) is 0 Å². The van der Waals surface area contributed by atoms with Crippen molar-refractivity contribution in [2.75, 3.05) is 0 Å². The van der Waals surface area contributed by atoms with Crippen LogP contribution in [0.2, 0.25) is 0 Å². The summed E-state index contributed by atoms with van der Waals surface area (Å²) in [7, 11) is 0. The van der Waals surface area contributed by atoms with Gasteiger partial charge in [-0.3, -0.25) is 11.3 Å². The Bertz CT molecular complexity index is 638. The maximum atomic E-state index is 14.1. The predicted molar refractivity (Wildman–Crippen MR) is 71.2 cm³/mol. The van der Waals surface area contributed by atoms with E-state index in [0.717, 1.165) is 24.3 Å². The molecule has 0 amide bonds. The summed E-state index contributed by atoms with van der Waals surface area (Å²) in [6, 6.07) is 4.42. The highest BCUT2D eigenvalue weighted by Gasteiger charge is 2.21. The van der Waals surface area contributed by atoms with E-state index in [-0.39, 0.29) is 23.1 Å². The number of halogens is 4. The fourth-order valence-electron chi connectivity index (χ4n) is 2.21. The van der Waals surface area contributed by atoms with Gasteiger partial charge in [-0.05, 0) is 42.7 Å². The van der Waals surface area contributed by atoms with Crippen LogP contribution in [0, 0.1) is 30.2 Å². The van der Waals surface area contributed by atoms with E-state index in [2.05, 4.69) is 5.43 Å². The van der Waals surface area contributed by atoms with Crippen molar-refractivity contribution >= 4 is 0 Å². The minimum Gasteiger partial charge on any atom is -0.271 e. The van der Waals surface area contributed by atoms with Crippen LogP contribution < -0.4 is 11.3 Å². The monoisotopic (exact) mass is 298 g/mol. The van der Waals surface area contributed by atoms with E-state index in [4.69, 9.17) is 5.84 Å². The van der Waals surface area contributed by atoms with Crippen molar-refractivity contribution in [2.24, 2.45) is 5.84 Å². The maximum Gasteiger partial charge on any atom is 0.133 e. The molecule has 2 aromatic rings. The standard InChI is InChI=1S/C15H14F4N2/c1-8-2-3-12(18)14(15(8)19)13(21-20)6-9-4-10(16)7-11(17)5-9/h2-5,7,13,21H,6,20H2,1H3. The van der Waals surface area contributed by atoms with Gasteiger partial charge in [0.05, 0.1) is 6.04 Å². The summed E-state index contributed by atoms with van der Waals surface area (Å²) in [6.07, 6.45) is -0.0531. The quantitative estimate of drug-likeness (QED) is 0.516. The molecule has 0 aliphatic carbocycles. The average Bonchev–Trinajstić information content (AvgIpc) is 2.41. The molecular formula is C15H14F4N2. The van der Waals surface area contributed by atoms with Crippen molar-refractivity contribution in [3.63, 3.8) is 0 Å². The van der Waals surface area contributed by atoms with E-state index in [0.29, 0.717) is 0 Å². The zero-order valence-electron chi connectivity index (χ0n) is 11.3. The summed E-state index contributed by atoms with van der Waals surface area (Å²) in [5.41, 5.74) is 2.55.